The van der Waals surface area contributed by atoms with E-state index in [0.717, 1.165) is 6.34 Å². The normalized spacial score (nSPS) is 10.5. The van der Waals surface area contributed by atoms with E-state index in [9.17, 15) is 0 Å². The Morgan fingerprint density at radius 1 is 1.50 bits per heavy atom. The fourth-order valence-electron chi connectivity index (χ4n) is 1.13. The average Bonchev–Trinajstić information content (AvgIpc) is 2.27. The number of ether oxygens (including phenoxy) is 1. The van der Waals surface area contributed by atoms with Gasteiger partial charge in [0.1, 0.15) is 17.8 Å². The van der Waals surface area contributed by atoms with Gasteiger partial charge in [0.25, 0.3) is 0 Å². The van der Waals surface area contributed by atoms with Gasteiger partial charge in [-0.15, -0.1) is 5.23 Å². The van der Waals surface area contributed by atoms with Crippen molar-refractivity contribution in [2.75, 3.05) is 11.8 Å². The van der Waals surface area contributed by atoms with Crippen LogP contribution in [-0.2, 0) is 0 Å². The molecule has 0 amide bonds. The van der Waals surface area contributed by atoms with Crippen molar-refractivity contribution in [1.82, 2.24) is 5.48 Å². The van der Waals surface area contributed by atoms with E-state index in [2.05, 4.69) is 4.99 Å². The molecule has 88 valence electrons. The summed E-state index contributed by atoms with van der Waals surface area (Å²) >= 11 is 0. The van der Waals surface area contributed by atoms with Crippen LogP contribution in [0.15, 0.2) is 23.2 Å². The zero-order valence-electron chi connectivity index (χ0n) is 8.66. The molecule has 7 heteroatoms. The van der Waals surface area contributed by atoms with Crippen LogP contribution in [0.4, 0.5) is 11.4 Å². The predicted molar refractivity (Wildman–Crippen MR) is 56.7 cm³/mol. The molecule has 0 aromatic heterocycles. The summed E-state index contributed by atoms with van der Waals surface area (Å²) in [5.41, 5.74) is 2.02. The minimum atomic E-state index is -0.0629. The van der Waals surface area contributed by atoms with Gasteiger partial charge in [0.2, 0.25) is 0 Å². The fraction of sp³-hybridized carbons (Fsp3) is 0.222. The van der Waals surface area contributed by atoms with Gasteiger partial charge in [-0.3, -0.25) is 21.1 Å². The van der Waals surface area contributed by atoms with Crippen LogP contribution >= 0.6 is 0 Å². The second kappa shape index (κ2) is 5.91. The molecular weight excluding hydrogens is 214 g/mol. The van der Waals surface area contributed by atoms with Gasteiger partial charge in [-0.1, -0.05) is 0 Å². The van der Waals surface area contributed by atoms with E-state index in [1.807, 2.05) is 6.92 Å². The van der Waals surface area contributed by atoms with Gasteiger partial charge in [0.15, 0.2) is 0 Å². The largest absolute Gasteiger partial charge is 0.494 e. The van der Waals surface area contributed by atoms with Gasteiger partial charge in [-0.05, 0) is 19.1 Å². The SMILES string of the molecule is CCOc1ccc(N=CNO)c(N(O)O)c1. The summed E-state index contributed by atoms with van der Waals surface area (Å²) in [5, 5.41) is 26.2. The number of hydrogen-bond donors (Lipinski definition) is 4. The highest BCUT2D eigenvalue weighted by molar-refractivity contribution is 5.72. The van der Waals surface area contributed by atoms with E-state index in [4.69, 9.17) is 20.4 Å². The van der Waals surface area contributed by atoms with Gasteiger partial charge >= 0.3 is 0 Å². The summed E-state index contributed by atoms with van der Waals surface area (Å²) in [6.07, 6.45) is 1.00. The second-order valence-electron chi connectivity index (χ2n) is 2.76. The summed E-state index contributed by atoms with van der Waals surface area (Å²) in [5.74, 6) is 0.488. The summed E-state index contributed by atoms with van der Waals surface area (Å²) in [4.78, 5) is 3.74. The molecule has 16 heavy (non-hydrogen) atoms. The standard InChI is InChI=1S/C9H13N3O4/c1-2-16-7-3-4-8(10-6-11-13)9(5-7)12(14)15/h3-6,13-15H,2H2,1H3,(H,10,11). The maximum atomic E-state index is 8.97. The van der Waals surface area contributed by atoms with E-state index >= 15 is 0 Å². The van der Waals surface area contributed by atoms with Crippen molar-refractivity contribution >= 4 is 17.7 Å². The van der Waals surface area contributed by atoms with Crippen LogP contribution in [0.25, 0.3) is 0 Å². The Bertz CT molecular complexity index is 368. The lowest BCUT2D eigenvalue weighted by Crippen LogP contribution is -2.11. The summed E-state index contributed by atoms with van der Waals surface area (Å²) < 4.78 is 5.19. The van der Waals surface area contributed by atoms with E-state index in [-0.39, 0.29) is 16.6 Å². The van der Waals surface area contributed by atoms with E-state index in [1.54, 1.807) is 11.5 Å². The summed E-state index contributed by atoms with van der Waals surface area (Å²) in [7, 11) is 0. The lowest BCUT2D eigenvalue weighted by atomic mass is 10.2. The number of benzene rings is 1. The molecule has 1 rings (SSSR count). The number of aliphatic imine (C=N–C) groups is 1. The molecule has 0 aliphatic rings. The Morgan fingerprint density at radius 3 is 2.81 bits per heavy atom. The Kier molecular flexibility index (Phi) is 4.52. The predicted octanol–water partition coefficient (Wildman–Crippen LogP) is 1.31. The Labute approximate surface area is 92.1 Å². The highest BCUT2D eigenvalue weighted by atomic mass is 16.8. The quantitative estimate of drug-likeness (QED) is 0.344. The molecule has 0 heterocycles. The molecule has 0 spiro atoms. The molecule has 0 atom stereocenters. The molecule has 1 aromatic rings. The monoisotopic (exact) mass is 227 g/mol. The number of rotatable bonds is 5. The van der Waals surface area contributed by atoms with Gasteiger partial charge in [-0.2, -0.15) is 0 Å². The van der Waals surface area contributed by atoms with Crippen molar-refractivity contribution < 1.29 is 20.4 Å². The lowest BCUT2D eigenvalue weighted by Gasteiger charge is -2.12. The van der Waals surface area contributed by atoms with Crippen molar-refractivity contribution in [2.24, 2.45) is 4.99 Å². The zero-order valence-corrected chi connectivity index (χ0v) is 8.66. The van der Waals surface area contributed by atoms with Crippen molar-refractivity contribution in [3.05, 3.63) is 18.2 Å². The molecule has 7 nitrogen and oxygen atoms in total. The van der Waals surface area contributed by atoms with Crippen LogP contribution in [0.2, 0.25) is 0 Å². The number of nitrogens with one attached hydrogen (secondary N) is 1. The second-order valence-corrected chi connectivity index (χ2v) is 2.76. The molecule has 0 radical (unpaired) electrons. The summed E-state index contributed by atoms with van der Waals surface area (Å²) in [6, 6.07) is 4.56. The number of anilines is 1. The minimum absolute atomic E-state index is 0.0393. The van der Waals surface area contributed by atoms with Crippen molar-refractivity contribution in [3.63, 3.8) is 0 Å². The molecule has 0 saturated heterocycles. The molecule has 0 bridgehead atoms. The number of hydroxylamine groups is 1. The van der Waals surface area contributed by atoms with Crippen molar-refractivity contribution in [3.8, 4) is 5.75 Å². The van der Waals surface area contributed by atoms with Crippen LogP contribution in [0.1, 0.15) is 6.92 Å². The molecule has 0 aliphatic carbocycles. The van der Waals surface area contributed by atoms with Crippen LogP contribution in [0.5, 0.6) is 5.75 Å². The third kappa shape index (κ3) is 3.09. The van der Waals surface area contributed by atoms with Crippen molar-refractivity contribution in [2.45, 2.75) is 6.92 Å². The van der Waals surface area contributed by atoms with Gasteiger partial charge in [0.05, 0.1) is 12.3 Å². The Balaban J connectivity index is 3.04. The minimum Gasteiger partial charge on any atom is -0.494 e. The highest BCUT2D eigenvalue weighted by Crippen LogP contribution is 2.30. The maximum absolute atomic E-state index is 8.97. The van der Waals surface area contributed by atoms with Gasteiger partial charge < -0.3 is 4.74 Å². The number of hydrogen-bond acceptors (Lipinski definition) is 6. The van der Waals surface area contributed by atoms with Crippen LogP contribution in [0.3, 0.4) is 0 Å². The van der Waals surface area contributed by atoms with Gasteiger partial charge in [0, 0.05) is 6.07 Å². The zero-order chi connectivity index (χ0) is 12.0. The highest BCUT2D eigenvalue weighted by Gasteiger charge is 2.08. The number of nitrogens with zero attached hydrogens (tertiary/aromatic N) is 2. The fourth-order valence-corrected chi connectivity index (χ4v) is 1.13. The maximum Gasteiger partial charge on any atom is 0.124 e. The van der Waals surface area contributed by atoms with E-state index in [1.165, 1.54) is 12.1 Å². The first-order chi connectivity index (χ1) is 7.69. The molecule has 0 unspecified atom stereocenters. The van der Waals surface area contributed by atoms with Crippen molar-refractivity contribution in [1.29, 1.82) is 0 Å². The smallest absolute Gasteiger partial charge is 0.124 e. The Morgan fingerprint density at radius 2 is 2.25 bits per heavy atom. The first kappa shape index (κ1) is 12.2. The first-order valence-corrected chi connectivity index (χ1v) is 4.56. The topological polar surface area (TPSA) is 97.5 Å². The van der Waals surface area contributed by atoms with Crippen LogP contribution in [-0.4, -0.2) is 28.6 Å². The molecule has 1 aromatic carbocycles. The molecule has 4 N–H and O–H groups in total. The third-order valence-corrected chi connectivity index (χ3v) is 1.73. The van der Waals surface area contributed by atoms with Crippen LogP contribution < -0.4 is 15.4 Å². The third-order valence-electron chi connectivity index (χ3n) is 1.73. The average molecular weight is 227 g/mol. The van der Waals surface area contributed by atoms with Crippen LogP contribution in [0, 0.1) is 0 Å². The molecular formula is C9H13N3O4. The van der Waals surface area contributed by atoms with E-state index < -0.39 is 0 Å². The van der Waals surface area contributed by atoms with E-state index in [0.29, 0.717) is 12.4 Å². The molecule has 0 aliphatic heterocycles. The summed E-state index contributed by atoms with van der Waals surface area (Å²) in [6.45, 7) is 2.29. The lowest BCUT2D eigenvalue weighted by molar-refractivity contribution is 0.0293. The Hall–Kier alpha value is -1.83. The van der Waals surface area contributed by atoms with Gasteiger partial charge in [-0.25, -0.2) is 4.99 Å². The first-order valence-electron chi connectivity index (χ1n) is 4.56. The molecule has 0 saturated carbocycles. The molecule has 0 fully saturated rings.